The minimum Gasteiger partial charge on any atom is -0.501 e. The summed E-state index contributed by atoms with van der Waals surface area (Å²) in [6.07, 6.45) is 1.77. The Morgan fingerprint density at radius 2 is 1.64 bits per heavy atom. The number of para-hydroxylation sites is 1. The second-order valence-corrected chi connectivity index (χ2v) is 21.3. The minimum atomic E-state index is -1.68. The van der Waals surface area contributed by atoms with Crippen LogP contribution >= 0.6 is 11.3 Å². The van der Waals surface area contributed by atoms with Gasteiger partial charge in [0.15, 0.2) is 0 Å². The number of nitrogens with zero attached hydrogens (tertiary/aromatic N) is 3. The van der Waals surface area contributed by atoms with E-state index in [0.717, 1.165) is 43.9 Å². The number of pyridine rings is 2. The van der Waals surface area contributed by atoms with Gasteiger partial charge in [0.05, 0.1) is 25.7 Å². The number of hydrogen-bond donors (Lipinski definition) is 0. The molecule has 4 aromatic heterocycles. The first kappa shape index (κ1) is 33.4. The zero-order valence-corrected chi connectivity index (χ0v) is 34.4. The standard InChI is InChI=1S/C22H20NO.C21H25N2SSi.Ir/c1-22(2,3)14-15-11-12-23-19(13-15)18-9-6-8-17-16-7-4-5-10-20(16)24-21(17)18;1-21(2,3)20-23-18(14-24-20)17-12-16(25(4,5)6)13-22-19(17)15-10-8-7-9-11-15;/h4-8,10-13H,14H2,1-3H3;7-10,12-14H,1-6H3;/q2*-1;/i11D,14D2;;. The summed E-state index contributed by atoms with van der Waals surface area (Å²) in [6, 6.07) is 30.2. The van der Waals surface area contributed by atoms with Crippen LogP contribution in [0.5, 0.6) is 0 Å². The van der Waals surface area contributed by atoms with Gasteiger partial charge in [-0.2, -0.15) is 0 Å². The SMILES string of the molecule is CC(C)(C)c1nc(-c2cc([Si](C)(C)C)cnc2-c2[c-]cccc2)cs1.[2H]c1cnc(-c2[c-]ccc3c2oc2ccccc23)cc1C([2H])([2H])C(C)(C)C.[Ir]. The fraction of sp³-hybridized carbons (Fsp3) is 0.279. The average Bonchev–Trinajstić information content (AvgIpc) is 3.74. The largest absolute Gasteiger partial charge is 0.501 e. The van der Waals surface area contributed by atoms with Crippen LogP contribution in [-0.2, 0) is 31.9 Å². The molecule has 4 heterocycles. The zero-order chi connectivity index (χ0) is 37.6. The van der Waals surface area contributed by atoms with Gasteiger partial charge in [-0.1, -0.05) is 108 Å². The number of fused-ring (bicyclic) bond motifs is 3. The van der Waals surface area contributed by atoms with Gasteiger partial charge in [-0.3, -0.25) is 0 Å². The molecule has 0 bridgehead atoms. The van der Waals surface area contributed by atoms with E-state index in [2.05, 4.69) is 75.0 Å². The molecule has 4 nitrogen and oxygen atoms in total. The first-order valence-electron chi connectivity index (χ1n) is 18.1. The van der Waals surface area contributed by atoms with Gasteiger partial charge in [0.25, 0.3) is 0 Å². The van der Waals surface area contributed by atoms with Crippen molar-refractivity contribution in [1.82, 2.24) is 15.0 Å². The van der Waals surface area contributed by atoms with E-state index < -0.39 is 19.9 Å². The molecule has 3 aromatic carbocycles. The van der Waals surface area contributed by atoms with Crippen molar-refractivity contribution in [2.24, 2.45) is 5.41 Å². The number of thiazole rings is 1. The molecule has 0 N–H and O–H groups in total. The quantitative estimate of drug-likeness (QED) is 0.128. The van der Waals surface area contributed by atoms with Gasteiger partial charge in [-0.15, -0.1) is 65.4 Å². The maximum Gasteiger partial charge on any atom is 0.120 e. The molecule has 0 fully saturated rings. The third-order valence-corrected chi connectivity index (χ3v) is 11.2. The van der Waals surface area contributed by atoms with Crippen molar-refractivity contribution in [3.8, 4) is 33.8 Å². The topological polar surface area (TPSA) is 51.8 Å². The normalized spacial score (nSPS) is 13.2. The van der Waals surface area contributed by atoms with Gasteiger partial charge >= 0.3 is 0 Å². The third-order valence-electron chi connectivity index (χ3n) is 7.95. The van der Waals surface area contributed by atoms with Crippen molar-refractivity contribution >= 4 is 46.5 Å². The minimum absolute atomic E-state index is 0. The number of aromatic nitrogens is 3. The summed E-state index contributed by atoms with van der Waals surface area (Å²) in [7, 11) is -1.45. The Morgan fingerprint density at radius 3 is 2.32 bits per heavy atom. The van der Waals surface area contributed by atoms with Crippen LogP contribution in [0.1, 0.15) is 56.2 Å². The summed E-state index contributed by atoms with van der Waals surface area (Å²) in [6.45, 7) is 19.2. The molecule has 7 heteroatoms. The van der Waals surface area contributed by atoms with E-state index in [-0.39, 0.29) is 31.6 Å². The van der Waals surface area contributed by atoms with Crippen molar-refractivity contribution in [1.29, 1.82) is 0 Å². The Labute approximate surface area is 320 Å². The Balaban J connectivity index is 0.000000201. The van der Waals surface area contributed by atoms with Crippen molar-refractivity contribution in [3.05, 3.63) is 119 Å². The second kappa shape index (κ2) is 14.9. The molecule has 0 aliphatic heterocycles. The van der Waals surface area contributed by atoms with E-state index in [1.807, 2.05) is 81.6 Å². The van der Waals surface area contributed by atoms with Gasteiger partial charge in [0.2, 0.25) is 0 Å². The Morgan fingerprint density at radius 1 is 0.880 bits per heavy atom. The monoisotopic (exact) mass is 875 g/mol. The summed E-state index contributed by atoms with van der Waals surface area (Å²) in [5, 5.41) is 6.66. The summed E-state index contributed by atoms with van der Waals surface area (Å²) in [5.41, 5.74) is 6.54. The summed E-state index contributed by atoms with van der Waals surface area (Å²) in [5.74, 6) is 0. The Hall–Kier alpha value is -3.74. The van der Waals surface area contributed by atoms with E-state index in [9.17, 15) is 0 Å². The van der Waals surface area contributed by atoms with Crippen LogP contribution in [0.4, 0.5) is 0 Å². The molecule has 0 amide bonds. The van der Waals surface area contributed by atoms with E-state index in [1.54, 1.807) is 17.4 Å². The van der Waals surface area contributed by atoms with E-state index >= 15 is 0 Å². The molecule has 0 aliphatic rings. The van der Waals surface area contributed by atoms with Crippen LogP contribution < -0.4 is 5.19 Å². The molecule has 259 valence electrons. The van der Waals surface area contributed by atoms with Crippen LogP contribution in [-0.4, -0.2) is 23.0 Å². The molecule has 0 saturated heterocycles. The van der Waals surface area contributed by atoms with E-state index in [0.29, 0.717) is 22.4 Å². The van der Waals surface area contributed by atoms with Crippen LogP contribution in [0.25, 0.3) is 55.7 Å². The van der Waals surface area contributed by atoms with Crippen molar-refractivity contribution in [2.75, 3.05) is 0 Å². The molecule has 0 unspecified atom stereocenters. The Kier molecular flexibility index (Phi) is 9.92. The molecule has 7 aromatic rings. The van der Waals surface area contributed by atoms with E-state index in [4.69, 9.17) is 18.5 Å². The van der Waals surface area contributed by atoms with Gasteiger partial charge < -0.3 is 14.4 Å². The first-order chi connectivity index (χ1) is 24.4. The van der Waals surface area contributed by atoms with Crippen LogP contribution in [0, 0.1) is 17.5 Å². The van der Waals surface area contributed by atoms with Crippen molar-refractivity contribution in [2.45, 2.75) is 73.0 Å². The predicted molar refractivity (Wildman–Crippen MR) is 210 cm³/mol. The summed E-state index contributed by atoms with van der Waals surface area (Å²) < 4.78 is 31.3. The summed E-state index contributed by atoms with van der Waals surface area (Å²) in [4.78, 5) is 14.2. The Bertz CT molecular complexity index is 2370. The van der Waals surface area contributed by atoms with Crippen LogP contribution in [0.15, 0.2) is 101 Å². The molecule has 0 aliphatic carbocycles. The molecule has 1 radical (unpaired) electrons. The number of furan rings is 1. The molecule has 0 atom stereocenters. The molecule has 0 spiro atoms. The molecular formula is C43H45IrN3OSSi-2. The maximum absolute atomic E-state index is 8.55. The fourth-order valence-corrected chi connectivity index (χ4v) is 7.38. The molecular weight excluding hydrogens is 827 g/mol. The van der Waals surface area contributed by atoms with Crippen LogP contribution in [0.2, 0.25) is 19.6 Å². The van der Waals surface area contributed by atoms with Gasteiger partial charge in [-0.05, 0) is 46.0 Å². The van der Waals surface area contributed by atoms with Gasteiger partial charge in [0, 0.05) is 51.4 Å². The third kappa shape index (κ3) is 8.58. The molecule has 50 heavy (non-hydrogen) atoms. The van der Waals surface area contributed by atoms with Crippen LogP contribution in [0.3, 0.4) is 0 Å². The fourth-order valence-electron chi connectivity index (χ4n) is 5.45. The van der Waals surface area contributed by atoms with Crippen molar-refractivity contribution < 1.29 is 28.6 Å². The first-order valence-corrected chi connectivity index (χ1v) is 21.0. The average molecular weight is 875 g/mol. The van der Waals surface area contributed by atoms with Gasteiger partial charge in [0.1, 0.15) is 5.58 Å². The van der Waals surface area contributed by atoms with Crippen molar-refractivity contribution in [3.63, 3.8) is 0 Å². The zero-order valence-electron chi connectivity index (χ0n) is 33.2. The molecule has 7 rings (SSSR count). The summed E-state index contributed by atoms with van der Waals surface area (Å²) >= 11 is 1.73. The number of rotatable bonds is 5. The van der Waals surface area contributed by atoms with E-state index in [1.165, 1.54) is 11.4 Å². The number of benzene rings is 3. The maximum atomic E-state index is 8.55. The van der Waals surface area contributed by atoms with Gasteiger partial charge in [-0.25, -0.2) is 4.98 Å². The second-order valence-electron chi connectivity index (χ2n) is 15.3. The smallest absolute Gasteiger partial charge is 0.120 e. The predicted octanol–water partition coefficient (Wildman–Crippen LogP) is 11.5. The number of hydrogen-bond acceptors (Lipinski definition) is 5. The molecule has 0 saturated carbocycles.